The molecule has 2 aliphatic carbocycles. The summed E-state index contributed by atoms with van der Waals surface area (Å²) in [7, 11) is 0. The van der Waals surface area contributed by atoms with E-state index in [0.717, 1.165) is 44.3 Å². The molecule has 0 bridgehead atoms. The lowest BCUT2D eigenvalue weighted by Crippen LogP contribution is -2.44. The summed E-state index contributed by atoms with van der Waals surface area (Å²) in [5.74, 6) is 3.06. The summed E-state index contributed by atoms with van der Waals surface area (Å²) in [5, 5.41) is 3.41. The van der Waals surface area contributed by atoms with Crippen molar-refractivity contribution in [2.24, 2.45) is 5.92 Å². The van der Waals surface area contributed by atoms with Crippen LogP contribution in [0.5, 0.6) is 0 Å². The largest absolute Gasteiger partial charge is 0.368 e. The summed E-state index contributed by atoms with van der Waals surface area (Å²) in [6, 6.07) is 0. The third kappa shape index (κ3) is 2.37. The van der Waals surface area contributed by atoms with E-state index in [1.807, 2.05) is 0 Å². The first-order valence-corrected chi connectivity index (χ1v) is 8.45. The minimum absolute atomic E-state index is 0.466. The zero-order chi connectivity index (χ0) is 14.2. The van der Waals surface area contributed by atoms with Crippen LogP contribution < -0.4 is 16.0 Å². The fourth-order valence-electron chi connectivity index (χ4n) is 4.43. The average Bonchev–Trinajstić information content (AvgIpc) is 2.55. The maximum Gasteiger partial charge on any atom is 0.222 e. The van der Waals surface area contributed by atoms with Gasteiger partial charge in [-0.1, -0.05) is 12.8 Å². The number of aromatic nitrogens is 2. The minimum atomic E-state index is 0.466. The van der Waals surface area contributed by atoms with Gasteiger partial charge in [-0.25, -0.2) is 4.98 Å². The smallest absolute Gasteiger partial charge is 0.222 e. The number of fused-ring (bicyclic) bond motifs is 3. The number of nitrogens with two attached hydrogens (primary N) is 1. The molecular weight excluding hydrogens is 262 g/mol. The molecule has 2 atom stereocenters. The van der Waals surface area contributed by atoms with Crippen LogP contribution in [0.2, 0.25) is 0 Å². The summed E-state index contributed by atoms with van der Waals surface area (Å²) in [6.45, 7) is 4.11. The molecule has 1 aliphatic heterocycles. The molecule has 2 fully saturated rings. The van der Waals surface area contributed by atoms with Gasteiger partial charge < -0.3 is 16.0 Å². The van der Waals surface area contributed by atoms with Gasteiger partial charge in [0.1, 0.15) is 5.82 Å². The van der Waals surface area contributed by atoms with E-state index in [4.69, 9.17) is 5.73 Å². The van der Waals surface area contributed by atoms with Crippen LogP contribution in [-0.4, -0.2) is 36.1 Å². The van der Waals surface area contributed by atoms with Crippen LogP contribution >= 0.6 is 0 Å². The molecule has 1 aromatic heterocycles. The highest BCUT2D eigenvalue weighted by Gasteiger charge is 2.35. The Kier molecular flexibility index (Phi) is 3.45. The van der Waals surface area contributed by atoms with E-state index in [1.54, 1.807) is 0 Å². The van der Waals surface area contributed by atoms with Crippen molar-refractivity contribution in [1.29, 1.82) is 0 Å². The van der Waals surface area contributed by atoms with Crippen molar-refractivity contribution in [3.8, 4) is 0 Å². The van der Waals surface area contributed by atoms with Gasteiger partial charge in [-0.15, -0.1) is 0 Å². The van der Waals surface area contributed by atoms with Gasteiger partial charge in [-0.3, -0.25) is 0 Å². The Morgan fingerprint density at radius 3 is 2.71 bits per heavy atom. The summed E-state index contributed by atoms with van der Waals surface area (Å²) < 4.78 is 0. The first-order chi connectivity index (χ1) is 10.3. The van der Waals surface area contributed by atoms with Gasteiger partial charge in [0, 0.05) is 37.7 Å². The standard InChI is InChI=1S/C16H25N5/c17-16-19-14-12-4-2-1-3-11(12)5-6-13(14)15(20-16)21-9-7-18-8-10-21/h11-12,18H,1-10H2,(H2,17,19,20)/t11-,12+/m0/s1. The summed E-state index contributed by atoms with van der Waals surface area (Å²) in [6.07, 6.45) is 7.83. The maximum atomic E-state index is 6.05. The predicted molar refractivity (Wildman–Crippen MR) is 84.5 cm³/mol. The second-order valence-corrected chi connectivity index (χ2v) is 6.70. The second kappa shape index (κ2) is 5.44. The van der Waals surface area contributed by atoms with Crippen molar-refractivity contribution >= 4 is 11.8 Å². The fourth-order valence-corrected chi connectivity index (χ4v) is 4.43. The Morgan fingerprint density at radius 2 is 1.86 bits per heavy atom. The topological polar surface area (TPSA) is 67.1 Å². The predicted octanol–water partition coefficient (Wildman–Crippen LogP) is 1.69. The third-order valence-corrected chi connectivity index (χ3v) is 5.48. The molecule has 0 radical (unpaired) electrons. The van der Waals surface area contributed by atoms with Gasteiger partial charge in [0.05, 0.1) is 5.69 Å². The molecule has 114 valence electrons. The molecule has 0 spiro atoms. The Labute approximate surface area is 126 Å². The number of nitrogen functional groups attached to an aromatic ring is 1. The third-order valence-electron chi connectivity index (χ3n) is 5.48. The Bertz CT molecular complexity index is 506. The molecule has 3 aliphatic rings. The van der Waals surface area contributed by atoms with E-state index in [1.165, 1.54) is 43.4 Å². The van der Waals surface area contributed by atoms with E-state index in [0.29, 0.717) is 11.9 Å². The number of nitrogens with one attached hydrogen (secondary N) is 1. The van der Waals surface area contributed by atoms with Gasteiger partial charge in [0.2, 0.25) is 5.95 Å². The van der Waals surface area contributed by atoms with E-state index >= 15 is 0 Å². The molecule has 5 nitrogen and oxygen atoms in total. The Balaban J connectivity index is 1.74. The van der Waals surface area contributed by atoms with Gasteiger partial charge in [0.25, 0.3) is 0 Å². The molecule has 21 heavy (non-hydrogen) atoms. The number of rotatable bonds is 1. The molecule has 1 saturated heterocycles. The Morgan fingerprint density at radius 1 is 1.05 bits per heavy atom. The van der Waals surface area contributed by atoms with Crippen molar-refractivity contribution in [3.63, 3.8) is 0 Å². The molecule has 0 amide bonds. The van der Waals surface area contributed by atoms with Crippen LogP contribution in [0.15, 0.2) is 0 Å². The highest BCUT2D eigenvalue weighted by atomic mass is 15.2. The first kappa shape index (κ1) is 13.3. The minimum Gasteiger partial charge on any atom is -0.368 e. The molecule has 1 saturated carbocycles. The van der Waals surface area contributed by atoms with Gasteiger partial charge in [0.15, 0.2) is 0 Å². The lowest BCUT2D eigenvalue weighted by atomic mass is 9.70. The molecule has 0 aromatic carbocycles. The number of anilines is 2. The molecule has 3 N–H and O–H groups in total. The molecule has 1 aromatic rings. The second-order valence-electron chi connectivity index (χ2n) is 6.70. The van der Waals surface area contributed by atoms with Gasteiger partial charge in [-0.05, 0) is 31.6 Å². The van der Waals surface area contributed by atoms with Crippen molar-refractivity contribution in [3.05, 3.63) is 11.3 Å². The normalized spacial score (nSPS) is 28.9. The van der Waals surface area contributed by atoms with Crippen molar-refractivity contribution in [2.45, 2.75) is 44.4 Å². The zero-order valence-corrected chi connectivity index (χ0v) is 12.6. The van der Waals surface area contributed by atoms with Gasteiger partial charge in [-0.2, -0.15) is 4.98 Å². The van der Waals surface area contributed by atoms with Crippen molar-refractivity contribution in [1.82, 2.24) is 15.3 Å². The maximum absolute atomic E-state index is 6.05. The molecule has 2 heterocycles. The lowest BCUT2D eigenvalue weighted by Gasteiger charge is -2.38. The van der Waals surface area contributed by atoms with E-state index in [2.05, 4.69) is 20.2 Å². The SMILES string of the molecule is Nc1nc2c(c(N3CCNCC3)n1)CC[C@@H]1CCCC[C@@H]21. The Hall–Kier alpha value is -1.36. The monoisotopic (exact) mass is 287 g/mol. The van der Waals surface area contributed by atoms with Crippen LogP contribution in [0.1, 0.15) is 49.3 Å². The van der Waals surface area contributed by atoms with Crippen molar-refractivity contribution < 1.29 is 0 Å². The quantitative estimate of drug-likeness (QED) is 0.823. The van der Waals surface area contributed by atoms with Crippen LogP contribution in [-0.2, 0) is 6.42 Å². The van der Waals surface area contributed by atoms with E-state index in [9.17, 15) is 0 Å². The summed E-state index contributed by atoms with van der Waals surface area (Å²) >= 11 is 0. The van der Waals surface area contributed by atoms with Crippen LogP contribution in [0.4, 0.5) is 11.8 Å². The number of piperazine rings is 1. The van der Waals surface area contributed by atoms with Crippen LogP contribution in [0.25, 0.3) is 0 Å². The van der Waals surface area contributed by atoms with Gasteiger partial charge >= 0.3 is 0 Å². The first-order valence-electron chi connectivity index (χ1n) is 8.45. The fraction of sp³-hybridized carbons (Fsp3) is 0.750. The number of hydrogen-bond donors (Lipinski definition) is 2. The zero-order valence-electron chi connectivity index (χ0n) is 12.6. The van der Waals surface area contributed by atoms with E-state index in [-0.39, 0.29) is 0 Å². The molecule has 0 unspecified atom stereocenters. The molecule has 4 rings (SSSR count). The summed E-state index contributed by atoms with van der Waals surface area (Å²) in [4.78, 5) is 11.7. The average molecular weight is 287 g/mol. The molecular formula is C16H25N5. The molecule has 5 heteroatoms. The van der Waals surface area contributed by atoms with Crippen LogP contribution in [0, 0.1) is 5.92 Å². The number of hydrogen-bond acceptors (Lipinski definition) is 5. The highest BCUT2D eigenvalue weighted by Crippen LogP contribution is 2.46. The van der Waals surface area contributed by atoms with Crippen molar-refractivity contribution in [2.75, 3.05) is 36.8 Å². The van der Waals surface area contributed by atoms with Crippen LogP contribution in [0.3, 0.4) is 0 Å². The lowest BCUT2D eigenvalue weighted by molar-refractivity contribution is 0.270. The number of nitrogens with zero attached hydrogens (tertiary/aromatic N) is 3. The highest BCUT2D eigenvalue weighted by molar-refractivity contribution is 5.54. The van der Waals surface area contributed by atoms with E-state index < -0.39 is 0 Å². The summed E-state index contributed by atoms with van der Waals surface area (Å²) in [5.41, 5.74) is 8.73.